The molecule has 14 rings (SSSR count). The van der Waals surface area contributed by atoms with E-state index in [9.17, 15) is 0 Å². The highest BCUT2D eigenvalue weighted by molar-refractivity contribution is 7.00. The molecule has 1 fully saturated rings. The molecule has 3 aliphatic heterocycles. The smallest absolute Gasteiger partial charge is 0.252 e. The third-order valence-corrected chi connectivity index (χ3v) is 24.0. The predicted octanol–water partition coefficient (Wildman–Crippen LogP) is 19.4. The van der Waals surface area contributed by atoms with Gasteiger partial charge in [-0.2, -0.15) is 0 Å². The second kappa shape index (κ2) is 17.1. The van der Waals surface area contributed by atoms with Gasteiger partial charge in [-0.15, -0.1) is 0 Å². The van der Waals surface area contributed by atoms with Gasteiger partial charge in [-0.1, -0.05) is 184 Å². The van der Waals surface area contributed by atoms with Crippen LogP contribution in [0.2, 0.25) is 0 Å². The first kappa shape index (κ1) is 54.9. The molecular formula is C79H94BN3. The summed E-state index contributed by atoms with van der Waals surface area (Å²) in [5.74, 6) is 0. The van der Waals surface area contributed by atoms with E-state index in [1.165, 1.54) is 179 Å². The van der Waals surface area contributed by atoms with Gasteiger partial charge >= 0.3 is 0 Å². The Kier molecular flexibility index (Phi) is 11.3. The quantitative estimate of drug-likeness (QED) is 0.163. The molecule has 7 aromatic rings. The standard InChI is InChI=1S/C79H94BN3/c1-47-37-68-70-69(38-47)82(64-44-56-54(39-48(64)2)72(7,8)33-35-74(56,11)12)67-45-57-55(73(9,10)34-36-75(57,13)14)43-62(67)80(70)61-29-28-51(83-63-30-27-50(71(4,5)6)41-60(63)78(19)31-23-24-32-79(78,83)20)42-66(61)81(68)65-46-59-58(40-49(65)3)76(15,16)52-25-21-22-26-53(52)77(59,17)18/h21-22,25-30,37-46H,23-24,31-36H2,1-20H3. The maximum Gasteiger partial charge on any atom is 0.252 e. The van der Waals surface area contributed by atoms with Gasteiger partial charge in [0.2, 0.25) is 0 Å². The van der Waals surface area contributed by atoms with Gasteiger partial charge in [0, 0.05) is 61.7 Å². The summed E-state index contributed by atoms with van der Waals surface area (Å²) in [4.78, 5) is 8.40. The predicted molar refractivity (Wildman–Crippen MR) is 357 cm³/mol. The lowest BCUT2D eigenvalue weighted by Crippen LogP contribution is -2.62. The highest BCUT2D eigenvalue weighted by Gasteiger charge is 2.58. The molecule has 3 nitrogen and oxygen atoms in total. The Balaban J connectivity index is 1.09. The topological polar surface area (TPSA) is 9.72 Å². The van der Waals surface area contributed by atoms with Crippen molar-refractivity contribution in [3.63, 3.8) is 0 Å². The number of nitrogens with zero attached hydrogens (tertiary/aromatic N) is 3. The second-order valence-electron chi connectivity index (χ2n) is 32.9. The molecule has 0 amide bonds. The van der Waals surface area contributed by atoms with Gasteiger partial charge in [0.15, 0.2) is 0 Å². The molecule has 1 saturated carbocycles. The molecule has 428 valence electrons. The number of aryl methyl sites for hydroxylation is 3. The zero-order chi connectivity index (χ0) is 59.1. The van der Waals surface area contributed by atoms with E-state index in [-0.39, 0.29) is 55.6 Å². The molecule has 0 bridgehead atoms. The SMILES string of the molecule is Cc1cc2c3c(c1)N(c1cc4c(cc1C)C(C)(C)CCC4(C)C)c1cc4c(cc1B3c1ccc(N3c5ccc(C(C)(C)C)cc5C5(C)CCCCC35C)cc1N2c1cc2c(cc1C)C(C)(C)c1ccccc1C2(C)C)C(C)(C)CCC4(C)C. The number of rotatable bonds is 3. The van der Waals surface area contributed by atoms with E-state index in [1.807, 2.05) is 0 Å². The lowest BCUT2D eigenvalue weighted by molar-refractivity contribution is 0.195. The average molecular weight is 1100 g/mol. The highest BCUT2D eigenvalue weighted by Crippen LogP contribution is 2.63. The molecule has 7 aliphatic rings. The molecule has 0 aromatic heterocycles. The Bertz CT molecular complexity index is 3960. The Morgan fingerprint density at radius 3 is 1.41 bits per heavy atom. The van der Waals surface area contributed by atoms with Crippen LogP contribution < -0.4 is 31.1 Å². The summed E-state index contributed by atoms with van der Waals surface area (Å²) < 4.78 is 0. The van der Waals surface area contributed by atoms with Crippen LogP contribution in [0.4, 0.5) is 45.5 Å². The van der Waals surface area contributed by atoms with E-state index in [1.54, 1.807) is 0 Å². The molecule has 0 spiro atoms. The molecule has 0 radical (unpaired) electrons. The van der Waals surface area contributed by atoms with Crippen LogP contribution in [0.25, 0.3) is 0 Å². The molecule has 0 saturated heterocycles. The molecule has 2 atom stereocenters. The van der Waals surface area contributed by atoms with Gasteiger partial charge in [-0.05, 0) is 231 Å². The monoisotopic (exact) mass is 1100 g/mol. The summed E-state index contributed by atoms with van der Waals surface area (Å²) in [7, 11) is 0. The largest absolute Gasteiger partial charge is 0.334 e. The fourth-order valence-corrected chi connectivity index (χ4v) is 18.2. The van der Waals surface area contributed by atoms with E-state index in [4.69, 9.17) is 0 Å². The van der Waals surface area contributed by atoms with E-state index >= 15 is 0 Å². The lowest BCUT2D eigenvalue weighted by Gasteiger charge is -2.51. The van der Waals surface area contributed by atoms with Gasteiger partial charge in [0.25, 0.3) is 6.71 Å². The molecule has 4 heteroatoms. The van der Waals surface area contributed by atoms with Crippen molar-refractivity contribution in [3.8, 4) is 0 Å². The highest BCUT2D eigenvalue weighted by atomic mass is 15.3. The van der Waals surface area contributed by atoms with Gasteiger partial charge in [0.1, 0.15) is 0 Å². The number of fused-ring (bicyclic) bond motifs is 11. The van der Waals surface area contributed by atoms with Crippen LogP contribution in [0.1, 0.15) is 241 Å². The van der Waals surface area contributed by atoms with Gasteiger partial charge < -0.3 is 14.7 Å². The number of hydrogen-bond acceptors (Lipinski definition) is 3. The number of hydrogen-bond donors (Lipinski definition) is 0. The average Bonchev–Trinajstić information content (AvgIpc) is 2.20. The molecular weight excluding hydrogens is 1000 g/mol. The first-order chi connectivity index (χ1) is 38.7. The zero-order valence-corrected chi connectivity index (χ0v) is 54.5. The molecule has 83 heavy (non-hydrogen) atoms. The molecule has 4 aliphatic carbocycles. The molecule has 0 N–H and O–H groups in total. The molecule has 3 heterocycles. The van der Waals surface area contributed by atoms with Crippen LogP contribution in [0.15, 0.2) is 109 Å². The summed E-state index contributed by atoms with van der Waals surface area (Å²) in [5, 5.41) is 0. The fourth-order valence-electron chi connectivity index (χ4n) is 18.2. The van der Waals surface area contributed by atoms with E-state index < -0.39 is 0 Å². The van der Waals surface area contributed by atoms with Crippen molar-refractivity contribution in [2.45, 2.75) is 239 Å². The maximum absolute atomic E-state index is 2.84. The Labute approximate surface area is 500 Å². The number of benzene rings is 7. The van der Waals surface area contributed by atoms with Crippen molar-refractivity contribution in [2.24, 2.45) is 0 Å². The summed E-state index contributed by atoms with van der Waals surface area (Å²) in [6.07, 6.45) is 9.58. The van der Waals surface area contributed by atoms with Crippen LogP contribution >= 0.6 is 0 Å². The first-order valence-corrected chi connectivity index (χ1v) is 32.2. The first-order valence-electron chi connectivity index (χ1n) is 32.2. The van der Waals surface area contributed by atoms with Crippen molar-refractivity contribution >= 4 is 68.6 Å². The molecule has 2 unspecified atom stereocenters. The summed E-state index contributed by atoms with van der Waals surface area (Å²) in [6, 6.07) is 45.8. The summed E-state index contributed by atoms with van der Waals surface area (Å²) in [5.41, 5.74) is 33.4. The van der Waals surface area contributed by atoms with Gasteiger partial charge in [-0.25, -0.2) is 0 Å². The van der Waals surface area contributed by atoms with E-state index in [0.29, 0.717) is 0 Å². The van der Waals surface area contributed by atoms with E-state index in [0.717, 1.165) is 6.42 Å². The third-order valence-electron chi connectivity index (χ3n) is 24.0. The minimum atomic E-state index is -0.216. The van der Waals surface area contributed by atoms with Gasteiger partial charge in [0.05, 0.1) is 5.54 Å². The van der Waals surface area contributed by atoms with Crippen molar-refractivity contribution < 1.29 is 0 Å². The Morgan fingerprint density at radius 1 is 0.386 bits per heavy atom. The third kappa shape index (κ3) is 7.41. The fraction of sp³-hybridized carbons (Fsp3) is 0.468. The normalized spacial score (nSPS) is 23.9. The minimum Gasteiger partial charge on any atom is -0.334 e. The molecule has 7 aromatic carbocycles. The lowest BCUT2D eigenvalue weighted by atomic mass is 9.33. The zero-order valence-electron chi connectivity index (χ0n) is 54.5. The van der Waals surface area contributed by atoms with Crippen LogP contribution in [-0.4, -0.2) is 12.3 Å². The van der Waals surface area contributed by atoms with Crippen molar-refractivity contribution in [2.75, 3.05) is 14.7 Å². The van der Waals surface area contributed by atoms with Crippen LogP contribution in [-0.2, 0) is 43.3 Å². The minimum absolute atomic E-state index is 0.00234. The summed E-state index contributed by atoms with van der Waals surface area (Å²) >= 11 is 0. The Hall–Kier alpha value is -6.00. The number of anilines is 8. The Morgan fingerprint density at radius 2 is 0.855 bits per heavy atom. The van der Waals surface area contributed by atoms with Crippen molar-refractivity contribution in [1.82, 2.24) is 0 Å². The second-order valence-corrected chi connectivity index (χ2v) is 32.9. The summed E-state index contributed by atoms with van der Waals surface area (Å²) in [6.45, 7) is 49.5. The van der Waals surface area contributed by atoms with Crippen molar-refractivity contribution in [1.29, 1.82) is 0 Å². The van der Waals surface area contributed by atoms with Crippen LogP contribution in [0, 0.1) is 20.8 Å². The van der Waals surface area contributed by atoms with Crippen LogP contribution in [0.5, 0.6) is 0 Å². The van der Waals surface area contributed by atoms with Crippen LogP contribution in [0.3, 0.4) is 0 Å². The van der Waals surface area contributed by atoms with Crippen molar-refractivity contribution in [3.05, 3.63) is 182 Å². The maximum atomic E-state index is 2.84. The van der Waals surface area contributed by atoms with E-state index in [2.05, 4.69) is 262 Å². The van der Waals surface area contributed by atoms with Gasteiger partial charge in [-0.3, -0.25) is 0 Å².